The average Bonchev–Trinajstić information content (AvgIpc) is 3.63. The maximum Gasteiger partial charge on any atom is 0.271 e. The van der Waals surface area contributed by atoms with Gasteiger partial charge in [-0.2, -0.15) is 9.78 Å². The van der Waals surface area contributed by atoms with Crippen molar-refractivity contribution in [1.82, 2.24) is 25.6 Å². The van der Waals surface area contributed by atoms with E-state index >= 15 is 0 Å². The number of nitrogens with zero attached hydrogens (tertiary/aromatic N) is 5. The molecule has 2 N–H and O–H groups in total. The van der Waals surface area contributed by atoms with Crippen LogP contribution in [0.4, 0.5) is 0 Å². The fourth-order valence-corrected chi connectivity index (χ4v) is 4.97. The van der Waals surface area contributed by atoms with E-state index < -0.39 is 0 Å². The molecule has 3 aromatic carbocycles. The molecule has 1 amide bonds. The number of aromatic nitrogens is 4. The van der Waals surface area contributed by atoms with Crippen molar-refractivity contribution in [3.63, 3.8) is 0 Å². The molecule has 0 radical (unpaired) electrons. The van der Waals surface area contributed by atoms with Crippen molar-refractivity contribution in [1.29, 1.82) is 0 Å². The Hall–Kier alpha value is -4.97. The predicted octanol–water partition coefficient (Wildman–Crippen LogP) is 0.397. The van der Waals surface area contributed by atoms with Crippen molar-refractivity contribution < 1.29 is 29.0 Å². The van der Waals surface area contributed by atoms with E-state index in [0.29, 0.717) is 39.9 Å². The molecule has 1 aromatic heterocycles. The highest BCUT2D eigenvalue weighted by atomic mass is 16.7. The predicted molar refractivity (Wildman–Crippen MR) is 137 cm³/mol. The van der Waals surface area contributed by atoms with Crippen LogP contribution >= 0.6 is 0 Å². The topological polar surface area (TPSA) is 140 Å². The van der Waals surface area contributed by atoms with Gasteiger partial charge >= 0.3 is 0 Å². The standard InChI is InChI=1S/C27H25N7O5/c1-33-12-11-18-13-21-24(39-15-38-21)25(37-2)22(18)23(33)26-29-31-32-34(26)19-7-5-17(6-8-19)27(36)30-28-14-16-3-9-20(35)10-4-16/h3-10,13-14,23,35H,11-12,15H2,1-2H3,(H,30,36)/b28-14+. The highest BCUT2D eigenvalue weighted by Gasteiger charge is 2.40. The summed E-state index contributed by atoms with van der Waals surface area (Å²) in [5.41, 5.74) is 6.40. The Labute approximate surface area is 223 Å². The van der Waals surface area contributed by atoms with Crippen molar-refractivity contribution >= 4 is 12.1 Å². The van der Waals surface area contributed by atoms with Crippen LogP contribution < -0.4 is 29.6 Å². The number of fused-ring (bicyclic) bond motifs is 2. The van der Waals surface area contributed by atoms with E-state index in [4.69, 9.17) is 14.2 Å². The third kappa shape index (κ3) is 4.50. The molecule has 0 spiro atoms. The van der Waals surface area contributed by atoms with Crippen molar-refractivity contribution in [3.05, 3.63) is 82.7 Å². The first-order valence-corrected chi connectivity index (χ1v) is 12.3. The molecule has 2 aliphatic heterocycles. The van der Waals surface area contributed by atoms with Crippen LogP contribution in [0.5, 0.6) is 23.0 Å². The van der Waals surface area contributed by atoms with Gasteiger partial charge in [0.1, 0.15) is 0 Å². The van der Waals surface area contributed by atoms with Gasteiger partial charge in [0.05, 0.1) is 38.2 Å². The van der Waals surface area contributed by atoms with Crippen LogP contribution in [0, 0.1) is 0 Å². The zero-order valence-electron chi connectivity index (χ0n) is 21.2. The van der Waals surface area contributed by atoms with Gasteiger partial charge in [-0.1, -0.05) is 24.3 Å². The van der Waals surface area contributed by atoms with E-state index in [2.05, 4.69) is 33.1 Å². The zero-order chi connectivity index (χ0) is 26.9. The fraction of sp³-hybridized carbons (Fsp3) is 0.222. The number of amides is 1. The summed E-state index contributed by atoms with van der Waals surface area (Å²) in [6.45, 7) is 1.02. The molecule has 2 atom stereocenters. The van der Waals surface area contributed by atoms with Crippen molar-refractivity contribution in [2.24, 2.45) is 5.10 Å². The molecular weight excluding hydrogens is 502 g/mol. The fourth-order valence-electron chi connectivity index (χ4n) is 4.97. The number of hydrogen-bond donors (Lipinski definition) is 2. The van der Waals surface area contributed by atoms with Crippen LogP contribution in [0.25, 0.3) is 5.69 Å². The van der Waals surface area contributed by atoms with Gasteiger partial charge in [0.2, 0.25) is 18.4 Å². The number of hydrogen-bond acceptors (Lipinski definition) is 9. The Morgan fingerprint density at radius 2 is 2.00 bits per heavy atom. The summed E-state index contributed by atoms with van der Waals surface area (Å²) in [5.74, 6) is 2.08. The highest BCUT2D eigenvalue weighted by Crippen LogP contribution is 2.48. The van der Waals surface area contributed by atoms with Gasteiger partial charge in [0.25, 0.3) is 5.91 Å². The molecule has 0 fully saturated rings. The lowest BCUT2D eigenvalue weighted by molar-refractivity contribution is -0.909. The molecule has 0 aliphatic carbocycles. The smallest absolute Gasteiger partial charge is 0.271 e. The van der Waals surface area contributed by atoms with Gasteiger partial charge in [0, 0.05) is 12.0 Å². The summed E-state index contributed by atoms with van der Waals surface area (Å²) in [5, 5.41) is 27.8. The minimum Gasteiger partial charge on any atom is -0.872 e. The maximum atomic E-state index is 12.6. The van der Waals surface area contributed by atoms with Crippen molar-refractivity contribution in [2.45, 2.75) is 12.5 Å². The molecule has 39 heavy (non-hydrogen) atoms. The number of likely N-dealkylation sites (N-methyl/N-ethyl adjacent to an activating group) is 1. The molecule has 3 heterocycles. The van der Waals surface area contributed by atoms with E-state index in [1.165, 1.54) is 23.2 Å². The van der Waals surface area contributed by atoms with Crippen molar-refractivity contribution in [2.75, 3.05) is 27.5 Å². The summed E-state index contributed by atoms with van der Waals surface area (Å²) < 4.78 is 18.8. The van der Waals surface area contributed by atoms with Gasteiger partial charge < -0.3 is 24.2 Å². The molecule has 2 aliphatic rings. The highest BCUT2D eigenvalue weighted by molar-refractivity contribution is 5.95. The Morgan fingerprint density at radius 1 is 1.21 bits per heavy atom. The largest absolute Gasteiger partial charge is 0.872 e. The number of hydrazone groups is 1. The van der Waals surface area contributed by atoms with Crippen LogP contribution in [0.3, 0.4) is 0 Å². The number of carbonyl (C=O) groups is 1. The first kappa shape index (κ1) is 24.4. The van der Waals surface area contributed by atoms with E-state index in [1.54, 1.807) is 48.2 Å². The molecule has 6 rings (SSSR count). The van der Waals surface area contributed by atoms with Gasteiger partial charge in [-0.15, -0.1) is 10.8 Å². The molecule has 4 aromatic rings. The SMILES string of the molecule is COc1c2c(cc3c1C(c1nnnn1-c1ccc(C(=O)N/N=C/c4ccc([O-])cc4)cc1)[NH+](C)CC3)OCO2. The summed E-state index contributed by atoms with van der Waals surface area (Å²) in [6, 6.07) is 14.8. The minimum atomic E-state index is -0.374. The number of quaternary nitrogens is 1. The Bertz CT molecular complexity index is 1550. The van der Waals surface area contributed by atoms with Crippen LogP contribution in [0.2, 0.25) is 0 Å². The lowest BCUT2D eigenvalue weighted by Crippen LogP contribution is -3.10. The van der Waals surface area contributed by atoms with E-state index in [-0.39, 0.29) is 24.5 Å². The molecule has 12 nitrogen and oxygen atoms in total. The van der Waals surface area contributed by atoms with E-state index in [1.807, 2.05) is 6.07 Å². The third-order valence-corrected chi connectivity index (χ3v) is 6.90. The van der Waals surface area contributed by atoms with Gasteiger partial charge in [0.15, 0.2) is 17.5 Å². The molecular formula is C27H25N7O5. The number of rotatable bonds is 6. The second-order valence-electron chi connectivity index (χ2n) is 9.26. The summed E-state index contributed by atoms with van der Waals surface area (Å²) in [4.78, 5) is 13.8. The van der Waals surface area contributed by atoms with Gasteiger partial charge in [-0.25, -0.2) is 5.43 Å². The maximum absolute atomic E-state index is 12.6. The number of tetrazole rings is 1. The van der Waals surface area contributed by atoms with Gasteiger partial charge in [-0.3, -0.25) is 4.79 Å². The molecule has 12 heteroatoms. The molecule has 198 valence electrons. The first-order valence-electron chi connectivity index (χ1n) is 12.3. The number of ether oxygens (including phenoxy) is 3. The van der Waals surface area contributed by atoms with Crippen LogP contribution in [-0.4, -0.2) is 59.8 Å². The van der Waals surface area contributed by atoms with E-state index in [0.717, 1.165) is 24.1 Å². The average molecular weight is 528 g/mol. The van der Waals surface area contributed by atoms with Crippen LogP contribution in [0.15, 0.2) is 59.7 Å². The zero-order valence-corrected chi connectivity index (χ0v) is 21.2. The minimum absolute atomic E-state index is 0.0889. The second-order valence-corrected chi connectivity index (χ2v) is 9.26. The normalized spacial score (nSPS) is 17.7. The van der Waals surface area contributed by atoms with E-state index in [9.17, 15) is 9.90 Å². The molecule has 2 unspecified atom stereocenters. The Kier molecular flexibility index (Phi) is 6.29. The molecule has 0 saturated heterocycles. The monoisotopic (exact) mass is 527 g/mol. The quantitative estimate of drug-likeness (QED) is 0.271. The Balaban J connectivity index is 1.26. The molecule has 0 saturated carbocycles. The van der Waals surface area contributed by atoms with Crippen molar-refractivity contribution in [3.8, 4) is 28.7 Å². The summed E-state index contributed by atoms with van der Waals surface area (Å²) in [7, 11) is 3.72. The lowest BCUT2D eigenvalue weighted by atomic mass is 9.90. The number of carbonyl (C=O) groups excluding carboxylic acids is 1. The molecule has 0 bridgehead atoms. The van der Waals surface area contributed by atoms with Crippen LogP contribution in [-0.2, 0) is 6.42 Å². The summed E-state index contributed by atoms with van der Waals surface area (Å²) >= 11 is 0. The van der Waals surface area contributed by atoms with Crippen LogP contribution in [0.1, 0.15) is 38.9 Å². The number of benzene rings is 3. The number of nitrogens with one attached hydrogen (secondary N) is 2. The Morgan fingerprint density at radius 3 is 2.77 bits per heavy atom. The lowest BCUT2D eigenvalue weighted by Gasteiger charge is -2.32. The van der Waals surface area contributed by atoms with Gasteiger partial charge in [-0.05, 0) is 51.9 Å². The first-order chi connectivity index (χ1) is 19.0. The number of methoxy groups -OCH3 is 1. The third-order valence-electron chi connectivity index (χ3n) is 6.90. The summed E-state index contributed by atoms with van der Waals surface area (Å²) in [6.07, 6.45) is 2.32. The second kappa shape index (κ2) is 10.1.